The predicted octanol–water partition coefficient (Wildman–Crippen LogP) is 1.52. The van der Waals surface area contributed by atoms with Gasteiger partial charge in [-0.15, -0.1) is 0 Å². The Bertz CT molecular complexity index is 885. The van der Waals surface area contributed by atoms with E-state index in [2.05, 4.69) is 32.3 Å². The number of anilines is 1. The van der Waals surface area contributed by atoms with Gasteiger partial charge in [0.1, 0.15) is 23.5 Å². The van der Waals surface area contributed by atoms with E-state index >= 15 is 0 Å². The van der Waals surface area contributed by atoms with Crippen LogP contribution in [0.1, 0.15) is 30.5 Å². The maximum atomic E-state index is 12.2. The number of amides is 1. The largest absolute Gasteiger partial charge is 0.484 e. The molecule has 2 N–H and O–H groups in total. The molecule has 0 aliphatic carbocycles. The molecule has 166 valence electrons. The number of nitrogens with one attached hydrogen (secondary N) is 1. The maximum absolute atomic E-state index is 12.2. The molecule has 2 aromatic rings. The molecule has 2 saturated heterocycles. The van der Waals surface area contributed by atoms with Crippen LogP contribution in [0.3, 0.4) is 0 Å². The summed E-state index contributed by atoms with van der Waals surface area (Å²) in [5.41, 5.74) is 1.16. The SMILES string of the molecule is Cc1cc(N2CCC(O)(CNC(=O)COc3ccc(CN4CCCC4)cc3)C2)ncn1. The topological polar surface area (TPSA) is 90.8 Å². The summed E-state index contributed by atoms with van der Waals surface area (Å²) < 4.78 is 5.61. The molecule has 0 radical (unpaired) electrons. The van der Waals surface area contributed by atoms with Gasteiger partial charge in [-0.2, -0.15) is 0 Å². The highest BCUT2D eigenvalue weighted by molar-refractivity contribution is 5.77. The highest BCUT2D eigenvalue weighted by Crippen LogP contribution is 2.25. The molecule has 1 unspecified atom stereocenters. The minimum atomic E-state index is -0.980. The van der Waals surface area contributed by atoms with Crippen LogP contribution >= 0.6 is 0 Å². The zero-order valence-electron chi connectivity index (χ0n) is 18.1. The molecule has 8 heteroatoms. The molecule has 2 fully saturated rings. The smallest absolute Gasteiger partial charge is 0.258 e. The molecule has 1 atom stereocenters. The average molecular weight is 426 g/mol. The van der Waals surface area contributed by atoms with Crippen molar-refractivity contribution in [2.24, 2.45) is 0 Å². The van der Waals surface area contributed by atoms with Crippen LogP contribution in [0.15, 0.2) is 36.7 Å². The first kappa shape index (κ1) is 21.5. The number of hydrogen-bond donors (Lipinski definition) is 2. The molecule has 0 spiro atoms. The number of hydrogen-bond acceptors (Lipinski definition) is 7. The van der Waals surface area contributed by atoms with E-state index < -0.39 is 5.60 Å². The van der Waals surface area contributed by atoms with E-state index in [-0.39, 0.29) is 19.1 Å². The quantitative estimate of drug-likeness (QED) is 0.663. The second-order valence-corrected chi connectivity index (χ2v) is 8.61. The van der Waals surface area contributed by atoms with Crippen molar-refractivity contribution in [1.82, 2.24) is 20.2 Å². The molecule has 4 rings (SSSR count). The molecule has 2 aliphatic rings. The monoisotopic (exact) mass is 425 g/mol. The van der Waals surface area contributed by atoms with Gasteiger partial charge in [0.25, 0.3) is 5.91 Å². The van der Waals surface area contributed by atoms with Crippen molar-refractivity contribution in [3.8, 4) is 5.75 Å². The van der Waals surface area contributed by atoms with Crippen molar-refractivity contribution >= 4 is 11.7 Å². The number of aromatic nitrogens is 2. The summed E-state index contributed by atoms with van der Waals surface area (Å²) >= 11 is 0. The lowest BCUT2D eigenvalue weighted by molar-refractivity contribution is -0.124. The van der Waals surface area contributed by atoms with Gasteiger partial charge in [-0.25, -0.2) is 9.97 Å². The minimum absolute atomic E-state index is 0.0730. The van der Waals surface area contributed by atoms with Crippen LogP contribution in [0.25, 0.3) is 0 Å². The highest BCUT2D eigenvalue weighted by Gasteiger charge is 2.37. The first-order chi connectivity index (χ1) is 15.0. The van der Waals surface area contributed by atoms with E-state index in [4.69, 9.17) is 4.74 Å². The summed E-state index contributed by atoms with van der Waals surface area (Å²) in [5.74, 6) is 1.22. The van der Waals surface area contributed by atoms with Crippen molar-refractivity contribution in [1.29, 1.82) is 0 Å². The molecule has 0 saturated carbocycles. The van der Waals surface area contributed by atoms with E-state index in [1.165, 1.54) is 37.8 Å². The van der Waals surface area contributed by atoms with Gasteiger partial charge in [0.2, 0.25) is 0 Å². The molecule has 3 heterocycles. The number of rotatable bonds is 8. The second kappa shape index (κ2) is 9.62. The van der Waals surface area contributed by atoms with Gasteiger partial charge in [-0.05, 0) is 57.0 Å². The second-order valence-electron chi connectivity index (χ2n) is 8.61. The van der Waals surface area contributed by atoms with Gasteiger partial charge in [0.05, 0.1) is 0 Å². The molecule has 1 aromatic carbocycles. The van der Waals surface area contributed by atoms with E-state index in [0.717, 1.165) is 18.1 Å². The number of β-amino-alcohol motifs (C(OH)–C–C–N with tert-alkyl or cyclic N) is 1. The Balaban J connectivity index is 1.19. The van der Waals surface area contributed by atoms with Gasteiger partial charge in [0.15, 0.2) is 6.61 Å². The number of likely N-dealkylation sites (tertiary alicyclic amines) is 1. The van der Waals surface area contributed by atoms with Crippen molar-refractivity contribution in [2.45, 2.75) is 38.3 Å². The third-order valence-electron chi connectivity index (χ3n) is 5.96. The number of aryl methyl sites for hydroxylation is 1. The Kier molecular flexibility index (Phi) is 6.67. The lowest BCUT2D eigenvalue weighted by Gasteiger charge is -2.24. The van der Waals surface area contributed by atoms with E-state index in [1.807, 2.05) is 30.0 Å². The predicted molar refractivity (Wildman–Crippen MR) is 118 cm³/mol. The molecular weight excluding hydrogens is 394 g/mol. The van der Waals surface area contributed by atoms with Crippen LogP contribution in [0.2, 0.25) is 0 Å². The number of carbonyl (C=O) groups excluding carboxylic acids is 1. The first-order valence-electron chi connectivity index (χ1n) is 11.0. The molecule has 8 nitrogen and oxygen atoms in total. The Labute approximate surface area is 183 Å². The lowest BCUT2D eigenvalue weighted by Crippen LogP contribution is -2.46. The first-order valence-corrected chi connectivity index (χ1v) is 11.0. The zero-order valence-corrected chi connectivity index (χ0v) is 18.1. The van der Waals surface area contributed by atoms with E-state index in [1.54, 1.807) is 0 Å². The Morgan fingerprint density at radius 3 is 2.71 bits per heavy atom. The van der Waals surface area contributed by atoms with Gasteiger partial charge in [0, 0.05) is 37.9 Å². The van der Waals surface area contributed by atoms with Crippen LogP contribution in [-0.4, -0.2) is 70.8 Å². The van der Waals surface area contributed by atoms with Gasteiger partial charge >= 0.3 is 0 Å². The summed E-state index contributed by atoms with van der Waals surface area (Å²) in [5, 5.41) is 13.6. The normalized spacial score (nSPS) is 21.4. The summed E-state index contributed by atoms with van der Waals surface area (Å²) in [7, 11) is 0. The molecule has 1 aromatic heterocycles. The molecule has 31 heavy (non-hydrogen) atoms. The Hall–Kier alpha value is -2.71. The molecule has 2 aliphatic heterocycles. The summed E-state index contributed by atoms with van der Waals surface area (Å²) in [6.07, 6.45) is 4.66. The van der Waals surface area contributed by atoms with Crippen LogP contribution < -0.4 is 15.0 Å². The average Bonchev–Trinajstić information content (AvgIpc) is 3.42. The highest BCUT2D eigenvalue weighted by atomic mass is 16.5. The summed E-state index contributed by atoms with van der Waals surface area (Å²) in [6.45, 7) is 6.43. The molecular formula is C23H31N5O3. The summed E-state index contributed by atoms with van der Waals surface area (Å²) in [6, 6.07) is 9.82. The molecule has 0 bridgehead atoms. The molecule has 1 amide bonds. The van der Waals surface area contributed by atoms with Crippen LogP contribution in [0.5, 0.6) is 5.75 Å². The number of aliphatic hydroxyl groups is 1. The van der Waals surface area contributed by atoms with Crippen LogP contribution in [0.4, 0.5) is 5.82 Å². The van der Waals surface area contributed by atoms with E-state index in [9.17, 15) is 9.90 Å². The number of nitrogens with zero attached hydrogens (tertiary/aromatic N) is 4. The fourth-order valence-corrected chi connectivity index (χ4v) is 4.16. The fraction of sp³-hybridized carbons (Fsp3) is 0.522. The Morgan fingerprint density at radius 1 is 1.19 bits per heavy atom. The number of carbonyl (C=O) groups is 1. The maximum Gasteiger partial charge on any atom is 0.258 e. The van der Waals surface area contributed by atoms with Crippen LogP contribution in [0, 0.1) is 6.92 Å². The number of benzene rings is 1. The van der Waals surface area contributed by atoms with Gasteiger partial charge < -0.3 is 20.1 Å². The van der Waals surface area contributed by atoms with Crippen molar-refractivity contribution < 1.29 is 14.6 Å². The summed E-state index contributed by atoms with van der Waals surface area (Å²) in [4.78, 5) is 25.1. The lowest BCUT2D eigenvalue weighted by atomic mass is 10.0. The van der Waals surface area contributed by atoms with Crippen molar-refractivity contribution in [3.63, 3.8) is 0 Å². The third kappa shape index (κ3) is 5.92. The Morgan fingerprint density at radius 2 is 1.97 bits per heavy atom. The standard InChI is InChI=1S/C23H31N5O3/c1-18-12-21(26-17-25-18)28-11-8-23(30,16-28)15-24-22(29)14-31-20-6-4-19(5-7-20)13-27-9-2-3-10-27/h4-7,12,17,30H,2-3,8-11,13-16H2,1H3,(H,24,29). The van der Waals surface area contributed by atoms with Crippen LogP contribution in [-0.2, 0) is 11.3 Å². The van der Waals surface area contributed by atoms with Gasteiger partial charge in [-0.3, -0.25) is 9.69 Å². The third-order valence-corrected chi connectivity index (χ3v) is 5.96. The zero-order chi connectivity index (χ0) is 21.7. The minimum Gasteiger partial charge on any atom is -0.484 e. The number of ether oxygens (including phenoxy) is 1. The van der Waals surface area contributed by atoms with E-state index in [0.29, 0.717) is 25.3 Å². The van der Waals surface area contributed by atoms with Crippen molar-refractivity contribution in [3.05, 3.63) is 47.9 Å². The van der Waals surface area contributed by atoms with Crippen molar-refractivity contribution in [2.75, 3.05) is 44.2 Å². The van der Waals surface area contributed by atoms with Gasteiger partial charge in [-0.1, -0.05) is 12.1 Å². The fourth-order valence-electron chi connectivity index (χ4n) is 4.16.